The summed E-state index contributed by atoms with van der Waals surface area (Å²) in [6.07, 6.45) is 0. The fraction of sp³-hybridized carbons (Fsp3) is 0. The molecule has 0 spiro atoms. The first-order valence-corrected chi connectivity index (χ1v) is 14.0. The average molecular weight is 572 g/mol. The summed E-state index contributed by atoms with van der Waals surface area (Å²) in [4.78, 5) is 0. The third kappa shape index (κ3) is 2.09. The van der Waals surface area contributed by atoms with E-state index in [1.165, 1.54) is 43.6 Å². The first kappa shape index (κ1) is 15.7. The molecule has 0 fully saturated rings. The Morgan fingerprint density at radius 2 is 0.958 bits per heavy atom. The van der Waals surface area contributed by atoms with Crippen LogP contribution in [0.15, 0.2) is 60.7 Å². The monoisotopic (exact) mass is 572 g/mol. The maximum absolute atomic E-state index is 2.37. The van der Waals surface area contributed by atoms with E-state index >= 15 is 0 Å². The van der Waals surface area contributed by atoms with E-state index in [4.69, 9.17) is 0 Å². The van der Waals surface area contributed by atoms with Gasteiger partial charge in [0.05, 0.1) is 22.1 Å². The highest BCUT2D eigenvalue weighted by molar-refractivity contribution is 14.2. The average Bonchev–Trinajstić information content (AvgIpc) is 3.11. The van der Waals surface area contributed by atoms with Crippen LogP contribution in [0.3, 0.4) is 0 Å². The van der Waals surface area contributed by atoms with E-state index in [1.54, 1.807) is 18.2 Å². The van der Waals surface area contributed by atoms with Crippen molar-refractivity contribution in [1.82, 2.24) is 7.94 Å². The molecule has 2 aromatic heterocycles. The lowest BCUT2D eigenvalue weighted by atomic mass is 10.1. The van der Waals surface area contributed by atoms with Crippen LogP contribution in [0.4, 0.5) is 0 Å². The number of rotatable bonds is 2. The van der Waals surface area contributed by atoms with E-state index in [2.05, 4.69) is 111 Å². The molecule has 3 aromatic carbocycles. The van der Waals surface area contributed by atoms with Crippen molar-refractivity contribution in [2.45, 2.75) is 0 Å². The van der Waals surface area contributed by atoms with Gasteiger partial charge >= 0.3 is 0 Å². The lowest BCUT2D eigenvalue weighted by Crippen LogP contribution is -1.83. The van der Waals surface area contributed by atoms with E-state index in [-0.39, 0.29) is 0 Å². The molecule has 0 amide bonds. The minimum absolute atomic E-state index is 1.28. The fourth-order valence-electron chi connectivity index (χ4n) is 3.51. The summed E-state index contributed by atoms with van der Waals surface area (Å²) in [5, 5.41) is 5.26. The van der Waals surface area contributed by atoms with Crippen LogP contribution in [0, 0.1) is 0 Å². The number of halogens is 2. The summed E-state index contributed by atoms with van der Waals surface area (Å²) in [5.41, 5.74) is 5.11. The number of hydrogen-bond acceptors (Lipinski definition) is 2. The van der Waals surface area contributed by atoms with Crippen LogP contribution in [0.2, 0.25) is 0 Å². The minimum atomic E-state index is 1.28. The van der Waals surface area contributed by atoms with Gasteiger partial charge in [-0.3, -0.25) is 7.94 Å². The van der Waals surface area contributed by atoms with Gasteiger partial charge in [0, 0.05) is 82.2 Å². The second-order valence-electron chi connectivity index (χ2n) is 5.65. The van der Waals surface area contributed by atoms with E-state index < -0.39 is 0 Å². The summed E-state index contributed by atoms with van der Waals surface area (Å²) < 4.78 is 4.65. The summed E-state index contributed by atoms with van der Waals surface area (Å²) >= 11 is 4.74. The molecule has 0 atom stereocenters. The second kappa shape index (κ2) is 6.00. The highest BCUT2D eigenvalue weighted by Gasteiger charge is 2.16. The third-order valence-electron chi connectivity index (χ3n) is 4.52. The molecule has 24 heavy (non-hydrogen) atoms. The zero-order chi connectivity index (χ0) is 16.3. The van der Waals surface area contributed by atoms with E-state index in [0.717, 1.165) is 0 Å². The maximum atomic E-state index is 2.37. The Morgan fingerprint density at radius 1 is 0.542 bits per heavy atom. The van der Waals surface area contributed by atoms with Gasteiger partial charge in [-0.15, -0.1) is 0 Å². The van der Waals surface area contributed by atoms with Crippen LogP contribution in [0.5, 0.6) is 0 Å². The van der Waals surface area contributed by atoms with Gasteiger partial charge in [0.1, 0.15) is 0 Å². The molecule has 0 saturated carbocycles. The molecule has 118 valence electrons. The highest BCUT2D eigenvalue weighted by atomic mass is 127. The molecule has 0 aliphatic rings. The first-order chi connectivity index (χ1) is 11.8. The molecule has 0 aliphatic heterocycles. The van der Waals surface area contributed by atoms with Gasteiger partial charge in [-0.1, -0.05) is 36.4 Å². The number of para-hydroxylation sites is 2. The van der Waals surface area contributed by atoms with Gasteiger partial charge < -0.3 is 0 Å². The van der Waals surface area contributed by atoms with Crippen LogP contribution < -0.4 is 0 Å². The Kier molecular flexibility index (Phi) is 3.91. The number of benzene rings is 3. The Morgan fingerprint density at radius 3 is 1.38 bits per heavy atom. The lowest BCUT2D eigenvalue weighted by molar-refractivity contribution is 1.43. The topological polar surface area (TPSA) is 9.86 Å². The Labute approximate surface area is 171 Å². The second-order valence-corrected chi connectivity index (χ2v) is 9.02. The molecule has 0 aliphatic carbocycles. The summed E-state index contributed by atoms with van der Waals surface area (Å²) in [6, 6.07) is 22.0. The summed E-state index contributed by atoms with van der Waals surface area (Å²) in [7, 11) is 3.47. The number of aromatic nitrogens is 2. The molecule has 0 saturated heterocycles. The van der Waals surface area contributed by atoms with Gasteiger partial charge in [0.2, 0.25) is 0 Å². The molecular weight excluding hydrogens is 562 g/mol. The normalized spacial score (nSPS) is 12.1. The van der Waals surface area contributed by atoms with Crippen molar-refractivity contribution < 1.29 is 0 Å². The molecule has 0 N–H and O–H groups in total. The molecule has 5 rings (SSSR count). The number of fused-ring (bicyclic) bond motifs is 6. The molecule has 5 aromatic rings. The SMILES string of the molecule is ISn1c2ccccc2c2cc3c(cc21)c1ccccc1n3SI. The largest absolute Gasteiger partial charge is 0.275 e. The molecule has 0 bridgehead atoms. The van der Waals surface area contributed by atoms with Crippen LogP contribution in [0.1, 0.15) is 0 Å². The minimum Gasteiger partial charge on any atom is -0.275 e. The van der Waals surface area contributed by atoms with Gasteiger partial charge in [-0.2, -0.15) is 0 Å². The van der Waals surface area contributed by atoms with Crippen molar-refractivity contribution in [3.63, 3.8) is 0 Å². The van der Waals surface area contributed by atoms with E-state index in [1.807, 2.05) is 0 Å². The molecule has 6 heteroatoms. The Hall–Kier alpha value is -0.580. The lowest BCUT2D eigenvalue weighted by Gasteiger charge is -2.02. The molecule has 2 heterocycles. The Bertz CT molecular complexity index is 1140. The van der Waals surface area contributed by atoms with Crippen molar-refractivity contribution in [3.05, 3.63) is 60.7 Å². The first-order valence-electron chi connectivity index (χ1n) is 7.38. The fourth-order valence-corrected chi connectivity index (χ4v) is 6.97. The maximum Gasteiger partial charge on any atom is 0.0619 e. The third-order valence-corrected chi connectivity index (χ3v) is 7.94. The number of hydrogen-bond donors (Lipinski definition) is 0. The highest BCUT2D eigenvalue weighted by Crippen LogP contribution is 2.41. The molecule has 2 nitrogen and oxygen atoms in total. The van der Waals surface area contributed by atoms with E-state index in [0.29, 0.717) is 0 Å². The standard InChI is InChI=1S/C18H10I2N2S2/c19-23-21-15-7-3-1-5-11(15)13-9-18-14(10-17(13)21)12-6-2-4-8-16(12)22(18)24-20/h1-10H. The van der Waals surface area contributed by atoms with Gasteiger partial charge in [0.15, 0.2) is 0 Å². The zero-order valence-electron chi connectivity index (χ0n) is 12.2. The summed E-state index contributed by atoms with van der Waals surface area (Å²) in [6.45, 7) is 0. The van der Waals surface area contributed by atoms with Crippen molar-refractivity contribution >= 4 is 104 Å². The van der Waals surface area contributed by atoms with Crippen molar-refractivity contribution in [2.75, 3.05) is 0 Å². The van der Waals surface area contributed by atoms with Gasteiger partial charge in [0.25, 0.3) is 0 Å². The predicted octanol–water partition coefficient (Wildman–Crippen LogP) is 7.60. The van der Waals surface area contributed by atoms with E-state index in [9.17, 15) is 0 Å². The van der Waals surface area contributed by atoms with Crippen LogP contribution in [0.25, 0.3) is 43.6 Å². The van der Waals surface area contributed by atoms with Gasteiger partial charge in [-0.05, 0) is 24.3 Å². The van der Waals surface area contributed by atoms with Crippen molar-refractivity contribution in [2.24, 2.45) is 0 Å². The molecule has 0 unspecified atom stereocenters. The molecule has 0 radical (unpaired) electrons. The smallest absolute Gasteiger partial charge is 0.0619 e. The summed E-state index contributed by atoms with van der Waals surface area (Å²) in [5.74, 6) is 0. The zero-order valence-corrected chi connectivity index (χ0v) is 18.2. The predicted molar refractivity (Wildman–Crippen MR) is 126 cm³/mol. The quantitative estimate of drug-likeness (QED) is 0.202. The van der Waals surface area contributed by atoms with Crippen LogP contribution >= 0.6 is 60.6 Å². The van der Waals surface area contributed by atoms with Crippen LogP contribution in [-0.4, -0.2) is 7.94 Å². The van der Waals surface area contributed by atoms with Gasteiger partial charge in [-0.25, -0.2) is 0 Å². The molecular formula is C18H10I2N2S2. The van der Waals surface area contributed by atoms with Crippen LogP contribution in [-0.2, 0) is 0 Å². The number of nitrogens with zero attached hydrogens (tertiary/aromatic N) is 2. The Balaban J connectivity index is 2.07. The van der Waals surface area contributed by atoms with Crippen molar-refractivity contribution in [3.8, 4) is 0 Å². The van der Waals surface area contributed by atoms with Crippen molar-refractivity contribution in [1.29, 1.82) is 0 Å².